The number of amides is 3. The van der Waals surface area contributed by atoms with E-state index in [1.54, 1.807) is 75.4 Å². The molecule has 3 amide bonds. The minimum atomic E-state index is -1.99. The summed E-state index contributed by atoms with van der Waals surface area (Å²) in [5, 5.41) is 10.9. The van der Waals surface area contributed by atoms with Gasteiger partial charge in [-0.15, -0.1) is 0 Å². The molecule has 0 fully saturated rings. The van der Waals surface area contributed by atoms with Crippen LogP contribution in [-0.4, -0.2) is 168 Å². The maximum atomic E-state index is 12.0. The summed E-state index contributed by atoms with van der Waals surface area (Å²) in [7, 11) is 6.93. The van der Waals surface area contributed by atoms with E-state index < -0.39 is 38.2 Å². The Morgan fingerprint density at radius 2 is 1.09 bits per heavy atom. The van der Waals surface area contributed by atoms with Gasteiger partial charge in [-0.1, -0.05) is 20.1 Å². The number of carbonyl (C=O) groups excluding carboxylic acids is 7. The standard InChI is InChI=1S/C14H24N2O5S.C12H24O2.C7H9NO3.C7H15NO2S.2C4H9.Sn.H/c1-11(2)13(18)20-7-6-15-14(19)21-8-10-22-9-5-12(17)16(3)4;1-2-3-4-5-6-7-8-9-10-11-12(13)14;1-6(2)7(10)11-4-3-8-5-9;1-8(2)7(10)3-5-11-6-4-9;2*1-3-4-2;;/h1,5-10H2,2-4H3,(H,15,19);2-11H2,1H3,(H,13,14);1,3-4H2,2H3;9H,3-6H2,1-2H3;2*1,3-4H2,2H3;;/q;;;;;;+1;/p-1. The van der Waals surface area contributed by atoms with Crippen LogP contribution in [-0.2, 0) is 46.1 Å². The SMILES string of the molecule is C=C(C)C(=O)OCCN=C=O.C=C(C)C(=O)OCCNC(=O)OCCSCCC(=O)N(C)C.CCCCCCCCCCCC(=O)[O][SnH]([CH2]CCC)[CH2]CCC.CN(C)C(=O)CCSCCO. The number of isocyanates is 1. The Bertz CT molecular complexity index is 1360. The molecule has 0 saturated carbocycles. The van der Waals surface area contributed by atoms with Gasteiger partial charge in [-0.25, -0.2) is 24.2 Å². The van der Waals surface area contributed by atoms with Gasteiger partial charge in [0.25, 0.3) is 0 Å². The van der Waals surface area contributed by atoms with Crippen LogP contribution in [0.2, 0.25) is 8.87 Å². The first-order chi connectivity index (χ1) is 31.9. The summed E-state index contributed by atoms with van der Waals surface area (Å²) < 4.78 is 22.7. The molecule has 0 saturated heterocycles. The van der Waals surface area contributed by atoms with Gasteiger partial charge in [-0.3, -0.25) is 9.59 Å². The molecule has 0 spiro atoms. The first-order valence-electron chi connectivity index (χ1n) is 23.9. The maximum Gasteiger partial charge on any atom is 0.222 e. The van der Waals surface area contributed by atoms with E-state index in [1.165, 1.54) is 92.0 Å². The number of rotatable bonds is 36. The van der Waals surface area contributed by atoms with Crippen LogP contribution >= 0.6 is 23.5 Å². The summed E-state index contributed by atoms with van der Waals surface area (Å²) in [6.45, 7) is 17.6. The number of hydrogen-bond acceptors (Lipinski definition) is 15. The number of aliphatic hydroxyl groups excluding tert-OH is 1. The van der Waals surface area contributed by atoms with Crippen LogP contribution in [0, 0.1) is 0 Å². The molecular weight excluding hydrogens is 1010 g/mol. The minimum Gasteiger partial charge on any atom is -0.396 e. The molecule has 390 valence electrons. The van der Waals surface area contributed by atoms with Crippen molar-refractivity contribution in [2.24, 2.45) is 4.99 Å². The van der Waals surface area contributed by atoms with Crippen LogP contribution in [0.4, 0.5) is 4.79 Å². The molecule has 0 radical (unpaired) electrons. The zero-order chi connectivity index (χ0) is 51.5. The molecular formula is C48H90N4O12S2Sn. The number of aliphatic hydroxyl groups is 1. The summed E-state index contributed by atoms with van der Waals surface area (Å²) in [5.74, 6) is 2.24. The number of esters is 2. The van der Waals surface area contributed by atoms with Crippen LogP contribution in [0.25, 0.3) is 0 Å². The second-order valence-electron chi connectivity index (χ2n) is 15.9. The quantitative estimate of drug-likeness (QED) is 0.0115. The molecule has 67 heavy (non-hydrogen) atoms. The van der Waals surface area contributed by atoms with Gasteiger partial charge < -0.3 is 34.4 Å². The fourth-order valence-corrected chi connectivity index (χ4v) is 14.2. The second-order valence-corrected chi connectivity index (χ2v) is 25.8. The molecule has 0 atom stereocenters. The molecule has 0 aromatic heterocycles. The van der Waals surface area contributed by atoms with Gasteiger partial charge in [0.05, 0.1) is 19.7 Å². The molecule has 0 aromatic carbocycles. The van der Waals surface area contributed by atoms with Crippen molar-refractivity contribution in [2.75, 3.05) is 90.7 Å². The third-order valence-corrected chi connectivity index (χ3v) is 18.6. The molecule has 0 rings (SSSR count). The fraction of sp³-hybridized carbons (Fsp3) is 0.771. The topological polar surface area (TPSA) is 208 Å². The number of thioether (sulfide) groups is 2. The van der Waals surface area contributed by atoms with Crippen molar-refractivity contribution in [3.63, 3.8) is 0 Å². The largest absolute Gasteiger partial charge is 0.396 e. The number of ether oxygens (including phenoxy) is 3. The van der Waals surface area contributed by atoms with E-state index in [-0.39, 0.29) is 57.3 Å². The average Bonchev–Trinajstić information content (AvgIpc) is 3.29. The van der Waals surface area contributed by atoms with E-state index in [9.17, 15) is 33.6 Å². The van der Waals surface area contributed by atoms with Crippen LogP contribution in [0.5, 0.6) is 0 Å². The second kappa shape index (κ2) is 53.9. The number of aliphatic imine (C=N–C) groups is 1. The minimum absolute atomic E-state index is 0.0716. The van der Waals surface area contributed by atoms with E-state index >= 15 is 0 Å². The smallest absolute Gasteiger partial charge is 0.222 e. The molecule has 16 nitrogen and oxygen atoms in total. The number of carbonyl (C=O) groups is 6. The number of unbranched alkanes of at least 4 members (excludes halogenated alkanes) is 10. The van der Waals surface area contributed by atoms with Gasteiger partial charge in [0.2, 0.25) is 17.9 Å². The van der Waals surface area contributed by atoms with Crippen molar-refractivity contribution in [3.8, 4) is 0 Å². The molecule has 0 aliphatic heterocycles. The summed E-state index contributed by atoms with van der Waals surface area (Å²) in [6, 6.07) is 0. The first-order valence-corrected chi connectivity index (χ1v) is 32.2. The van der Waals surface area contributed by atoms with Crippen molar-refractivity contribution in [2.45, 2.75) is 146 Å². The van der Waals surface area contributed by atoms with E-state index in [1.807, 2.05) is 0 Å². The first kappa shape index (κ1) is 70.5. The Morgan fingerprint density at radius 1 is 0.627 bits per heavy atom. The summed E-state index contributed by atoms with van der Waals surface area (Å²) in [4.78, 5) is 83.1. The van der Waals surface area contributed by atoms with Gasteiger partial charge in [0, 0.05) is 75.2 Å². The number of nitrogens with zero attached hydrogens (tertiary/aromatic N) is 3. The molecule has 19 heteroatoms. The van der Waals surface area contributed by atoms with Crippen molar-refractivity contribution >= 4 is 85.6 Å². The van der Waals surface area contributed by atoms with Crippen molar-refractivity contribution < 1.29 is 56.0 Å². The van der Waals surface area contributed by atoms with Crippen molar-refractivity contribution in [3.05, 3.63) is 24.3 Å². The predicted molar refractivity (Wildman–Crippen MR) is 277 cm³/mol. The number of hydrogen-bond donors (Lipinski definition) is 2. The third kappa shape index (κ3) is 57.2. The maximum absolute atomic E-state index is 12.0. The fourth-order valence-electron chi connectivity index (χ4n) is 5.00. The number of alkyl carbamates (subject to hydrolysis) is 1. The van der Waals surface area contributed by atoms with Gasteiger partial charge in [-0.2, -0.15) is 23.5 Å². The van der Waals surface area contributed by atoms with E-state index in [2.05, 4.69) is 49.0 Å². The Labute approximate surface area is 420 Å². The normalized spacial score (nSPS) is 9.96. The molecule has 0 aromatic rings. The Kier molecular flexibility index (Phi) is 56.7. The van der Waals surface area contributed by atoms with Crippen LogP contribution in [0.1, 0.15) is 137 Å². The molecule has 0 aliphatic rings. The van der Waals surface area contributed by atoms with Gasteiger partial charge in [-0.05, 0) is 13.8 Å². The molecule has 0 bridgehead atoms. The average molecular weight is 1100 g/mol. The summed E-state index contributed by atoms with van der Waals surface area (Å²) in [6.07, 6.45) is 19.2. The van der Waals surface area contributed by atoms with Crippen LogP contribution < -0.4 is 5.32 Å². The monoisotopic (exact) mass is 1100 g/mol. The Morgan fingerprint density at radius 3 is 1.54 bits per heavy atom. The zero-order valence-corrected chi connectivity index (χ0v) is 47.8. The van der Waals surface area contributed by atoms with Crippen molar-refractivity contribution in [1.82, 2.24) is 15.1 Å². The molecule has 0 heterocycles. The van der Waals surface area contributed by atoms with Crippen LogP contribution in [0.3, 0.4) is 0 Å². The van der Waals surface area contributed by atoms with Crippen molar-refractivity contribution in [1.29, 1.82) is 0 Å². The Balaban J connectivity index is -0.000000417. The molecule has 0 aliphatic carbocycles. The van der Waals surface area contributed by atoms with E-state index in [4.69, 9.17) is 17.7 Å². The predicted octanol–water partition coefficient (Wildman–Crippen LogP) is 8.45. The molecule has 0 unspecified atom stereocenters. The van der Waals surface area contributed by atoms with E-state index in [0.717, 1.165) is 17.9 Å². The summed E-state index contributed by atoms with van der Waals surface area (Å²) in [5.41, 5.74) is 0.646. The van der Waals surface area contributed by atoms with E-state index in [0.29, 0.717) is 41.9 Å². The third-order valence-electron chi connectivity index (χ3n) is 8.96. The van der Waals surface area contributed by atoms with Gasteiger partial charge >= 0.3 is 165 Å². The van der Waals surface area contributed by atoms with Crippen LogP contribution in [0.15, 0.2) is 29.3 Å². The van der Waals surface area contributed by atoms with Gasteiger partial charge in [0.15, 0.2) is 0 Å². The number of nitrogens with one attached hydrogen (secondary N) is 1. The Hall–Kier alpha value is -3.06. The van der Waals surface area contributed by atoms with Gasteiger partial charge in [0.1, 0.15) is 19.8 Å². The summed E-state index contributed by atoms with van der Waals surface area (Å²) >= 11 is 1.16. The zero-order valence-electron chi connectivity index (χ0n) is 42.9. The molecule has 2 N–H and O–H groups in total.